The molecule has 2 aromatic rings. The van der Waals surface area contributed by atoms with Crippen LogP contribution in [0.5, 0.6) is 5.75 Å². The number of nitrogens with zero attached hydrogens (tertiary/aromatic N) is 1. The molecular formula is C15H13F3N2O3. The van der Waals surface area contributed by atoms with Gasteiger partial charge in [0.15, 0.2) is 6.20 Å². The summed E-state index contributed by atoms with van der Waals surface area (Å²) < 4.78 is 43.2. The van der Waals surface area contributed by atoms with Crippen molar-refractivity contribution in [2.75, 3.05) is 13.2 Å². The molecule has 122 valence electrons. The summed E-state index contributed by atoms with van der Waals surface area (Å²) >= 11 is 0. The number of alkyl halides is 3. The summed E-state index contributed by atoms with van der Waals surface area (Å²) in [7, 11) is 0. The highest BCUT2D eigenvalue weighted by molar-refractivity contribution is 5.90. The molecule has 1 heterocycles. The molecule has 2 rings (SSSR count). The number of benzene rings is 1. The molecule has 0 saturated carbocycles. The lowest BCUT2D eigenvalue weighted by molar-refractivity contribution is -0.607. The van der Waals surface area contributed by atoms with Gasteiger partial charge < -0.3 is 15.3 Å². The fourth-order valence-corrected chi connectivity index (χ4v) is 1.79. The molecule has 0 aliphatic heterocycles. The van der Waals surface area contributed by atoms with Gasteiger partial charge in [-0.15, -0.1) is 0 Å². The molecule has 1 N–H and O–H groups in total. The Bertz CT molecular complexity index is 690. The molecule has 0 radical (unpaired) electrons. The summed E-state index contributed by atoms with van der Waals surface area (Å²) in [6, 6.07) is 8.83. The van der Waals surface area contributed by atoms with Crippen molar-refractivity contribution in [3.8, 4) is 5.75 Å². The van der Waals surface area contributed by atoms with Crippen molar-refractivity contribution in [1.82, 2.24) is 5.32 Å². The fourth-order valence-electron chi connectivity index (χ4n) is 1.79. The summed E-state index contributed by atoms with van der Waals surface area (Å²) in [6.07, 6.45) is -3.25. The lowest BCUT2D eigenvalue weighted by Crippen LogP contribution is -2.40. The quantitative estimate of drug-likeness (QED) is 0.520. The Hall–Kier alpha value is -2.77. The van der Waals surface area contributed by atoms with Gasteiger partial charge in [0.05, 0.1) is 12.1 Å². The summed E-state index contributed by atoms with van der Waals surface area (Å²) in [6.45, 7) is 0.0166. The standard InChI is InChI=1S/C15H13F3N2O3/c16-15(17,18)11-4-3-5-12(10-11)23-9-7-19-14(21)13-6-1-2-8-20(13)22/h1-6,8,10H,7,9H2,(H,19,21). The number of ether oxygens (including phenoxy) is 1. The SMILES string of the molecule is O=C(NCCOc1cccc(C(F)(F)F)c1)c1cccc[n+]1[O-]. The van der Waals surface area contributed by atoms with Crippen molar-refractivity contribution in [2.24, 2.45) is 0 Å². The number of hydrogen-bond donors (Lipinski definition) is 1. The Balaban J connectivity index is 1.84. The van der Waals surface area contributed by atoms with Gasteiger partial charge >= 0.3 is 12.1 Å². The number of hydrogen-bond acceptors (Lipinski definition) is 3. The zero-order chi connectivity index (χ0) is 16.9. The van der Waals surface area contributed by atoms with Gasteiger partial charge in [-0.1, -0.05) is 6.07 Å². The molecule has 0 saturated heterocycles. The van der Waals surface area contributed by atoms with Crippen LogP contribution >= 0.6 is 0 Å². The molecule has 1 aromatic carbocycles. The third-order valence-electron chi connectivity index (χ3n) is 2.87. The highest BCUT2D eigenvalue weighted by Gasteiger charge is 2.30. The lowest BCUT2D eigenvalue weighted by Gasteiger charge is -2.10. The number of carbonyl (C=O) groups excluding carboxylic acids is 1. The van der Waals surface area contributed by atoms with Crippen LogP contribution in [0.4, 0.5) is 13.2 Å². The van der Waals surface area contributed by atoms with E-state index >= 15 is 0 Å². The van der Waals surface area contributed by atoms with Crippen molar-refractivity contribution in [1.29, 1.82) is 0 Å². The van der Waals surface area contributed by atoms with Gasteiger partial charge in [-0.3, -0.25) is 4.79 Å². The fraction of sp³-hybridized carbons (Fsp3) is 0.200. The summed E-state index contributed by atoms with van der Waals surface area (Å²) in [4.78, 5) is 11.7. The second-order valence-electron chi connectivity index (χ2n) is 4.54. The van der Waals surface area contributed by atoms with E-state index in [9.17, 15) is 23.2 Å². The Kier molecular flexibility index (Phi) is 5.05. The average molecular weight is 326 g/mol. The predicted molar refractivity (Wildman–Crippen MR) is 74.7 cm³/mol. The van der Waals surface area contributed by atoms with Gasteiger partial charge in [-0.25, -0.2) is 0 Å². The van der Waals surface area contributed by atoms with Crippen LogP contribution in [0.25, 0.3) is 0 Å². The van der Waals surface area contributed by atoms with E-state index in [4.69, 9.17) is 4.74 Å². The molecule has 23 heavy (non-hydrogen) atoms. The van der Waals surface area contributed by atoms with Gasteiger partial charge in [-0.05, 0) is 24.3 Å². The van der Waals surface area contributed by atoms with E-state index in [2.05, 4.69) is 5.32 Å². The monoisotopic (exact) mass is 326 g/mol. The molecule has 5 nitrogen and oxygen atoms in total. The smallest absolute Gasteiger partial charge is 0.416 e. The third-order valence-corrected chi connectivity index (χ3v) is 2.87. The molecule has 0 spiro atoms. The number of rotatable bonds is 5. The average Bonchev–Trinajstić information content (AvgIpc) is 2.51. The molecule has 0 unspecified atom stereocenters. The van der Waals surface area contributed by atoms with Crippen LogP contribution in [-0.2, 0) is 6.18 Å². The minimum atomic E-state index is -4.44. The molecule has 1 aromatic heterocycles. The van der Waals surface area contributed by atoms with Crippen molar-refractivity contribution in [3.63, 3.8) is 0 Å². The van der Waals surface area contributed by atoms with Gasteiger partial charge in [-0.2, -0.15) is 17.9 Å². The van der Waals surface area contributed by atoms with E-state index in [1.165, 1.54) is 30.5 Å². The van der Waals surface area contributed by atoms with Crippen LogP contribution in [0.3, 0.4) is 0 Å². The predicted octanol–water partition coefficient (Wildman–Crippen LogP) is 2.15. The van der Waals surface area contributed by atoms with Crippen molar-refractivity contribution < 1.29 is 27.4 Å². The highest BCUT2D eigenvalue weighted by Crippen LogP contribution is 2.31. The van der Waals surface area contributed by atoms with Crippen LogP contribution in [0.1, 0.15) is 16.1 Å². The van der Waals surface area contributed by atoms with Crippen molar-refractivity contribution in [2.45, 2.75) is 6.18 Å². The number of aromatic nitrogens is 1. The molecule has 0 atom stereocenters. The molecule has 0 aliphatic rings. The number of pyridine rings is 1. The Labute approximate surface area is 129 Å². The topological polar surface area (TPSA) is 65.3 Å². The van der Waals surface area contributed by atoms with Gasteiger partial charge in [0.2, 0.25) is 0 Å². The van der Waals surface area contributed by atoms with Gasteiger partial charge in [0.25, 0.3) is 5.69 Å². The minimum Gasteiger partial charge on any atom is -0.618 e. The first-order chi connectivity index (χ1) is 10.9. The maximum absolute atomic E-state index is 12.5. The largest absolute Gasteiger partial charge is 0.618 e. The van der Waals surface area contributed by atoms with E-state index < -0.39 is 17.6 Å². The molecule has 1 amide bonds. The highest BCUT2D eigenvalue weighted by atomic mass is 19.4. The molecule has 0 fully saturated rings. The van der Waals surface area contributed by atoms with Gasteiger partial charge in [0, 0.05) is 12.1 Å². The Morgan fingerprint density at radius 3 is 2.70 bits per heavy atom. The second kappa shape index (κ2) is 6.99. The van der Waals surface area contributed by atoms with Gasteiger partial charge in [0.1, 0.15) is 12.4 Å². The van der Waals surface area contributed by atoms with Crippen LogP contribution in [0.2, 0.25) is 0 Å². The number of carbonyl (C=O) groups is 1. The molecule has 8 heteroatoms. The van der Waals surface area contributed by atoms with Crippen molar-refractivity contribution >= 4 is 5.91 Å². The first-order valence-corrected chi connectivity index (χ1v) is 6.64. The molecule has 0 aliphatic carbocycles. The first kappa shape index (κ1) is 16.6. The van der Waals surface area contributed by atoms with E-state index in [-0.39, 0.29) is 24.6 Å². The maximum atomic E-state index is 12.5. The molecular weight excluding hydrogens is 313 g/mol. The maximum Gasteiger partial charge on any atom is 0.416 e. The number of halogens is 3. The van der Waals surface area contributed by atoms with Crippen LogP contribution < -0.4 is 14.8 Å². The van der Waals surface area contributed by atoms with E-state index in [0.717, 1.165) is 12.1 Å². The van der Waals surface area contributed by atoms with Crippen LogP contribution in [-0.4, -0.2) is 19.1 Å². The minimum absolute atomic E-state index is 0.0290. The van der Waals surface area contributed by atoms with Crippen LogP contribution in [0, 0.1) is 5.21 Å². The summed E-state index contributed by atoms with van der Waals surface area (Å²) in [5.41, 5.74) is -0.887. The number of nitrogens with one attached hydrogen (secondary N) is 1. The summed E-state index contributed by atoms with van der Waals surface area (Å²) in [5.74, 6) is -0.541. The van der Waals surface area contributed by atoms with E-state index in [1.54, 1.807) is 6.07 Å². The van der Waals surface area contributed by atoms with Crippen molar-refractivity contribution in [3.05, 3.63) is 65.1 Å². The third kappa shape index (κ3) is 4.60. The normalized spacial score (nSPS) is 11.1. The second-order valence-corrected chi connectivity index (χ2v) is 4.54. The Morgan fingerprint density at radius 2 is 2.00 bits per heavy atom. The molecule has 0 bridgehead atoms. The zero-order valence-corrected chi connectivity index (χ0v) is 11.8. The lowest BCUT2D eigenvalue weighted by atomic mass is 10.2. The first-order valence-electron chi connectivity index (χ1n) is 6.64. The summed E-state index contributed by atoms with van der Waals surface area (Å²) in [5, 5.41) is 13.8. The van der Waals surface area contributed by atoms with E-state index in [1.807, 2.05) is 0 Å². The number of amides is 1. The van der Waals surface area contributed by atoms with Crippen LogP contribution in [0.15, 0.2) is 48.7 Å². The zero-order valence-electron chi connectivity index (χ0n) is 11.8. The van der Waals surface area contributed by atoms with E-state index in [0.29, 0.717) is 4.73 Å². The Morgan fingerprint density at radius 1 is 1.22 bits per heavy atom.